The fraction of sp³-hybridized carbons (Fsp3) is 0.486. The minimum atomic E-state index is -0.948. The van der Waals surface area contributed by atoms with E-state index in [-0.39, 0.29) is 49.7 Å². The molecule has 0 saturated heterocycles. The molecule has 15 heteroatoms. The third-order valence-corrected chi connectivity index (χ3v) is 8.54. The fourth-order valence-electron chi connectivity index (χ4n) is 5.80. The Balaban J connectivity index is 1.89. The molecule has 13 nitrogen and oxygen atoms in total. The molecule has 3 rings (SSSR count). The summed E-state index contributed by atoms with van der Waals surface area (Å²) in [4.78, 5) is 56.8. The molecule has 0 aliphatic rings. The number of benzene rings is 2. The molecule has 0 saturated carbocycles. The van der Waals surface area contributed by atoms with E-state index in [4.69, 9.17) is 16.5 Å². The van der Waals surface area contributed by atoms with E-state index in [1.165, 1.54) is 4.90 Å². The van der Waals surface area contributed by atoms with Crippen LogP contribution in [-0.2, 0) is 20.9 Å². The van der Waals surface area contributed by atoms with Crippen LogP contribution in [0.2, 0.25) is 0 Å². The number of nitrogens with two attached hydrogens (primary N) is 2. The average molecular weight is 727 g/mol. The Hall–Kier alpha value is -4.89. The van der Waals surface area contributed by atoms with E-state index >= 15 is 0 Å². The number of urea groups is 1. The highest BCUT2D eigenvalue weighted by Gasteiger charge is 2.38. The lowest BCUT2D eigenvalue weighted by molar-refractivity contribution is -0.139. The number of hydrogen-bond donors (Lipinski definition) is 6. The first kappa shape index (κ1) is 41.5. The van der Waals surface area contributed by atoms with Gasteiger partial charge in [0.1, 0.15) is 30.1 Å². The summed E-state index contributed by atoms with van der Waals surface area (Å²) in [7, 11) is 0. The molecular weight excluding hydrogens is 674 g/mol. The minimum Gasteiger partial charge on any atom is -0.387 e. The number of hydrogen-bond acceptors (Lipinski definition) is 7. The average Bonchev–Trinajstić information content (AvgIpc) is 3.49. The van der Waals surface area contributed by atoms with Gasteiger partial charge in [-0.2, -0.15) is 0 Å². The molecule has 0 aliphatic carbocycles. The van der Waals surface area contributed by atoms with E-state index in [0.717, 1.165) is 23.8 Å². The number of imidazole rings is 1. The molecule has 3 atom stereocenters. The largest absolute Gasteiger partial charge is 0.387 e. The number of aromatic nitrogens is 2. The normalized spacial score (nSPS) is 13.3. The molecule has 1 aromatic heterocycles. The number of primary amides is 1. The number of carbonyl (C=O) groups excluding carboxylic acids is 4. The zero-order chi connectivity index (χ0) is 38.6. The number of nitrogens with one attached hydrogen (secondary N) is 3. The summed E-state index contributed by atoms with van der Waals surface area (Å²) in [5.41, 5.74) is 11.5. The topological polar surface area (TPSA) is 198 Å². The molecule has 0 fully saturated rings. The van der Waals surface area contributed by atoms with Gasteiger partial charge in [-0.1, -0.05) is 65.0 Å². The van der Waals surface area contributed by atoms with Crippen LogP contribution in [0.25, 0.3) is 11.3 Å². The molecule has 0 radical (unpaired) electrons. The molecule has 5 amide bonds. The molecule has 2 aromatic carbocycles. The molecule has 1 unspecified atom stereocenters. The van der Waals surface area contributed by atoms with E-state index in [0.29, 0.717) is 18.8 Å². The van der Waals surface area contributed by atoms with Crippen molar-refractivity contribution in [2.24, 2.45) is 22.8 Å². The Labute approximate surface area is 303 Å². The van der Waals surface area contributed by atoms with Gasteiger partial charge in [-0.15, -0.1) is 0 Å². The second kappa shape index (κ2) is 19.1. The number of carbonyl (C=O) groups is 4. The van der Waals surface area contributed by atoms with Gasteiger partial charge in [-0.25, -0.2) is 18.6 Å². The summed E-state index contributed by atoms with van der Waals surface area (Å²) in [5, 5.41) is 18.0. The number of halogens is 2. The smallest absolute Gasteiger partial charge is 0.312 e. The molecule has 0 spiro atoms. The third kappa shape index (κ3) is 11.8. The molecule has 0 aliphatic heterocycles. The van der Waals surface area contributed by atoms with Crippen molar-refractivity contribution in [3.63, 3.8) is 0 Å². The molecule has 3 aromatic rings. The summed E-state index contributed by atoms with van der Waals surface area (Å²) in [6.07, 6.45) is 2.42. The Morgan fingerprint density at radius 1 is 0.981 bits per heavy atom. The van der Waals surface area contributed by atoms with Crippen LogP contribution in [0.5, 0.6) is 0 Å². The van der Waals surface area contributed by atoms with E-state index in [1.807, 2.05) is 51.1 Å². The summed E-state index contributed by atoms with van der Waals surface area (Å²) >= 11 is 0. The molecule has 0 bridgehead atoms. The first-order valence-electron chi connectivity index (χ1n) is 17.4. The number of rotatable bonds is 18. The minimum absolute atomic E-state index is 0.0372. The van der Waals surface area contributed by atoms with Gasteiger partial charge in [0, 0.05) is 37.9 Å². The van der Waals surface area contributed by atoms with Crippen LogP contribution in [0.15, 0.2) is 54.7 Å². The van der Waals surface area contributed by atoms with E-state index in [9.17, 15) is 33.1 Å². The Kier molecular flexibility index (Phi) is 15.2. The maximum absolute atomic E-state index is 15.0. The van der Waals surface area contributed by atoms with Crippen molar-refractivity contribution in [3.8, 4) is 11.3 Å². The maximum atomic E-state index is 15.0. The van der Waals surface area contributed by atoms with Gasteiger partial charge in [-0.05, 0) is 54.4 Å². The van der Waals surface area contributed by atoms with Gasteiger partial charge in [0.2, 0.25) is 17.7 Å². The van der Waals surface area contributed by atoms with Crippen LogP contribution in [0.4, 0.5) is 13.6 Å². The van der Waals surface area contributed by atoms with Crippen molar-refractivity contribution < 1.29 is 33.1 Å². The Bertz CT molecular complexity index is 1660. The predicted molar refractivity (Wildman–Crippen MR) is 193 cm³/mol. The van der Waals surface area contributed by atoms with Crippen LogP contribution >= 0.6 is 0 Å². The molecule has 8 N–H and O–H groups in total. The summed E-state index contributed by atoms with van der Waals surface area (Å²) in [6.45, 7) is 9.19. The number of amides is 5. The number of nitrogens with zero attached hydrogens (tertiary/aromatic N) is 3. The van der Waals surface area contributed by atoms with Crippen LogP contribution in [0, 0.1) is 23.0 Å². The first-order chi connectivity index (χ1) is 24.5. The summed E-state index contributed by atoms with van der Waals surface area (Å²) in [5.74, 6) is -2.62. The summed E-state index contributed by atoms with van der Waals surface area (Å²) < 4.78 is 31.1. The monoisotopic (exact) mass is 726 g/mol. The van der Waals surface area contributed by atoms with Crippen molar-refractivity contribution in [3.05, 3.63) is 77.8 Å². The van der Waals surface area contributed by atoms with Crippen LogP contribution in [0.1, 0.15) is 71.3 Å². The highest BCUT2D eigenvalue weighted by Crippen LogP contribution is 2.39. The molecule has 284 valence electrons. The second-order valence-electron chi connectivity index (χ2n) is 14.1. The van der Waals surface area contributed by atoms with E-state index in [1.54, 1.807) is 24.6 Å². The maximum Gasteiger partial charge on any atom is 0.312 e. The SMILES string of the molecule is CC(C)C(N)C(=O)N[C@@H](CCCNC(N)=O)C(=O)NCCCN(C(=O)CO)[C@@H](c1nc(-c2cc(F)ccc2F)cn1Cc1ccccc1)C(C)(C)C. The van der Waals surface area contributed by atoms with Gasteiger partial charge in [-0.3, -0.25) is 14.4 Å². The zero-order valence-electron chi connectivity index (χ0n) is 30.5. The molecular formula is C37H52F2N8O5. The lowest BCUT2D eigenvalue weighted by Gasteiger charge is -2.40. The van der Waals surface area contributed by atoms with Gasteiger partial charge in [0.15, 0.2) is 0 Å². The van der Waals surface area contributed by atoms with Gasteiger partial charge >= 0.3 is 6.03 Å². The van der Waals surface area contributed by atoms with Crippen LogP contribution in [0.3, 0.4) is 0 Å². The molecule has 1 heterocycles. The Morgan fingerprint density at radius 2 is 1.65 bits per heavy atom. The van der Waals surface area contributed by atoms with Gasteiger partial charge in [0.25, 0.3) is 0 Å². The second-order valence-corrected chi connectivity index (χ2v) is 14.1. The van der Waals surface area contributed by atoms with Crippen molar-refractivity contribution in [1.29, 1.82) is 0 Å². The van der Waals surface area contributed by atoms with Gasteiger partial charge < -0.3 is 42.0 Å². The zero-order valence-corrected chi connectivity index (χ0v) is 30.5. The van der Waals surface area contributed by atoms with E-state index < -0.39 is 65.5 Å². The van der Waals surface area contributed by atoms with Crippen molar-refractivity contribution in [2.75, 3.05) is 26.2 Å². The predicted octanol–water partition coefficient (Wildman–Crippen LogP) is 3.21. The van der Waals surface area contributed by atoms with Crippen LogP contribution in [-0.4, -0.2) is 81.6 Å². The lowest BCUT2D eigenvalue weighted by Crippen LogP contribution is -2.53. The number of aliphatic hydroxyl groups is 1. The fourth-order valence-corrected chi connectivity index (χ4v) is 5.80. The first-order valence-corrected chi connectivity index (χ1v) is 17.4. The lowest BCUT2D eigenvalue weighted by atomic mass is 9.84. The van der Waals surface area contributed by atoms with Crippen LogP contribution < -0.4 is 27.4 Å². The quantitative estimate of drug-likeness (QED) is 0.108. The van der Waals surface area contributed by atoms with E-state index in [2.05, 4.69) is 16.0 Å². The summed E-state index contributed by atoms with van der Waals surface area (Å²) in [6, 6.07) is 9.35. The molecule has 52 heavy (non-hydrogen) atoms. The standard InChI is InChI=1S/C37H52F2N8O5/c1-23(2)31(40)35(51)45-28(13-9-16-43-36(41)52)34(50)42-17-10-18-47(30(49)22-48)32(37(3,4)5)33-44-29(26-19-25(38)14-15-27(26)39)21-46(33)20-24-11-7-6-8-12-24/h6-8,11-12,14-15,19,21,23,28,31-32,48H,9-10,13,16-18,20,22,40H2,1-5H3,(H,42,50)(H,45,51)(H3,41,43,52)/t28-,31?,32-/m0/s1. The highest BCUT2D eigenvalue weighted by molar-refractivity contribution is 5.89. The Morgan fingerprint density at radius 3 is 2.27 bits per heavy atom. The van der Waals surface area contributed by atoms with Crippen molar-refractivity contribution >= 4 is 23.8 Å². The van der Waals surface area contributed by atoms with Gasteiger partial charge in [0.05, 0.1) is 17.8 Å². The number of aliphatic hydroxyl groups excluding tert-OH is 1. The van der Waals surface area contributed by atoms with Crippen molar-refractivity contribution in [1.82, 2.24) is 30.4 Å². The van der Waals surface area contributed by atoms with Crippen molar-refractivity contribution in [2.45, 2.75) is 78.6 Å². The third-order valence-electron chi connectivity index (χ3n) is 8.54. The highest BCUT2D eigenvalue weighted by atomic mass is 19.1.